The Bertz CT molecular complexity index is 415. The number of nitrogens with zero attached hydrogens (tertiary/aromatic N) is 2. The van der Waals surface area contributed by atoms with E-state index in [1.807, 2.05) is 32.0 Å². The number of hydrogen-bond donors (Lipinski definition) is 1. The number of nitrogens with one attached hydrogen (secondary N) is 1. The smallest absolute Gasteiger partial charge is 0.203 e. The molecule has 2 rings (SSSR count). The summed E-state index contributed by atoms with van der Waals surface area (Å²) in [4.78, 5) is 10.2. The third kappa shape index (κ3) is 5.64. The second-order valence-electron chi connectivity index (χ2n) is 4.36. The fourth-order valence-electron chi connectivity index (χ4n) is 1.77. The van der Waals surface area contributed by atoms with E-state index in [-0.39, 0.29) is 0 Å². The summed E-state index contributed by atoms with van der Waals surface area (Å²) in [5.74, 6) is 0.987. The summed E-state index contributed by atoms with van der Waals surface area (Å²) >= 11 is 0. The second kappa shape index (κ2) is 11.3. The van der Waals surface area contributed by atoms with Crippen LogP contribution in [0.3, 0.4) is 0 Å². The molecule has 0 fully saturated rings. The molecule has 0 aliphatic heterocycles. The molecule has 114 valence electrons. The van der Waals surface area contributed by atoms with E-state index in [1.54, 1.807) is 0 Å². The number of hydrogen-bond acceptors (Lipinski definition) is 2. The number of anilines is 1. The van der Waals surface area contributed by atoms with Gasteiger partial charge in [-0.2, -0.15) is 0 Å². The highest BCUT2D eigenvalue weighted by Gasteiger charge is 2.07. The van der Waals surface area contributed by atoms with Gasteiger partial charge < -0.3 is 9.88 Å². The summed E-state index contributed by atoms with van der Waals surface area (Å²) < 4.78 is 0. The normalized spacial score (nSPS) is 9.30. The van der Waals surface area contributed by atoms with E-state index < -0.39 is 0 Å². The zero-order valence-electron chi connectivity index (χ0n) is 14.0. The Morgan fingerprint density at radius 1 is 1.05 bits per heavy atom. The SMILES string of the molecule is CC.CCC.CCCN(CC)c1nc2ccccc2[nH]1. The molecule has 0 radical (unpaired) electrons. The first-order valence-corrected chi connectivity index (χ1v) is 7.96. The van der Waals surface area contributed by atoms with Gasteiger partial charge in [0.05, 0.1) is 11.0 Å². The molecule has 3 heteroatoms. The third-order valence-corrected chi connectivity index (χ3v) is 2.55. The molecule has 0 aliphatic rings. The van der Waals surface area contributed by atoms with Gasteiger partial charge in [-0.05, 0) is 25.5 Å². The molecule has 0 unspecified atom stereocenters. The van der Waals surface area contributed by atoms with Crippen molar-refractivity contribution in [3.8, 4) is 0 Å². The summed E-state index contributed by atoms with van der Waals surface area (Å²) in [5.41, 5.74) is 2.16. The zero-order chi connectivity index (χ0) is 15.4. The molecule has 0 amide bonds. The van der Waals surface area contributed by atoms with Gasteiger partial charge in [-0.1, -0.05) is 53.2 Å². The molecule has 3 nitrogen and oxygen atoms in total. The van der Waals surface area contributed by atoms with Crippen molar-refractivity contribution >= 4 is 17.0 Å². The molecular formula is C17H31N3. The van der Waals surface area contributed by atoms with Crippen LogP contribution in [0.15, 0.2) is 24.3 Å². The van der Waals surface area contributed by atoms with Crippen molar-refractivity contribution in [2.75, 3.05) is 18.0 Å². The Morgan fingerprint density at radius 3 is 2.15 bits per heavy atom. The molecule has 1 aromatic carbocycles. The molecule has 0 atom stereocenters. The minimum absolute atomic E-state index is 0.987. The van der Waals surface area contributed by atoms with Crippen LogP contribution in [0.1, 0.15) is 54.4 Å². The molecule has 1 N–H and O–H groups in total. The number of imidazole rings is 1. The topological polar surface area (TPSA) is 31.9 Å². The van der Waals surface area contributed by atoms with Crippen LogP contribution in [0.5, 0.6) is 0 Å². The summed E-state index contributed by atoms with van der Waals surface area (Å²) in [7, 11) is 0. The maximum Gasteiger partial charge on any atom is 0.203 e. The average Bonchev–Trinajstić information content (AvgIpc) is 2.91. The monoisotopic (exact) mass is 277 g/mol. The van der Waals surface area contributed by atoms with Crippen LogP contribution in [0.2, 0.25) is 0 Å². The second-order valence-corrected chi connectivity index (χ2v) is 4.36. The minimum atomic E-state index is 0.987. The maximum atomic E-state index is 4.57. The summed E-state index contributed by atoms with van der Waals surface area (Å²) in [6.45, 7) is 14.6. The minimum Gasteiger partial charge on any atom is -0.343 e. The lowest BCUT2D eigenvalue weighted by atomic mass is 10.3. The molecule has 0 bridgehead atoms. The Morgan fingerprint density at radius 2 is 1.65 bits per heavy atom. The molecule has 1 heterocycles. The van der Waals surface area contributed by atoms with Crippen molar-refractivity contribution < 1.29 is 0 Å². The number of fused-ring (bicyclic) bond motifs is 1. The quantitative estimate of drug-likeness (QED) is 0.828. The highest BCUT2D eigenvalue weighted by molar-refractivity contribution is 5.77. The Balaban J connectivity index is 0.000000641. The Hall–Kier alpha value is -1.51. The van der Waals surface area contributed by atoms with Crippen LogP contribution in [0.4, 0.5) is 5.95 Å². The molecule has 20 heavy (non-hydrogen) atoms. The van der Waals surface area contributed by atoms with Crippen LogP contribution in [-0.2, 0) is 0 Å². The average molecular weight is 277 g/mol. The molecule has 0 spiro atoms. The standard InChI is InChI=1S/C12H17N3.C3H8.C2H6/c1-3-9-15(4-2)12-13-10-7-5-6-8-11(10)14-12;1-3-2;1-2/h5-8H,3-4,9H2,1-2H3,(H,13,14);3H2,1-2H3;1-2H3. The fourth-order valence-corrected chi connectivity index (χ4v) is 1.77. The van der Waals surface area contributed by atoms with Crippen LogP contribution in [0.25, 0.3) is 11.0 Å². The number of rotatable bonds is 4. The lowest BCUT2D eigenvalue weighted by Crippen LogP contribution is -2.24. The number of benzene rings is 1. The van der Waals surface area contributed by atoms with Crippen molar-refractivity contribution in [1.29, 1.82) is 0 Å². The van der Waals surface area contributed by atoms with Crippen molar-refractivity contribution in [3.05, 3.63) is 24.3 Å². The molecule has 1 aromatic heterocycles. The maximum absolute atomic E-state index is 4.57. The van der Waals surface area contributed by atoms with Gasteiger partial charge in [-0.15, -0.1) is 0 Å². The summed E-state index contributed by atoms with van der Waals surface area (Å²) in [5, 5.41) is 0. The molecule has 2 aromatic rings. The zero-order valence-corrected chi connectivity index (χ0v) is 14.0. The van der Waals surface area contributed by atoms with Gasteiger partial charge in [0.25, 0.3) is 0 Å². The molecule has 0 saturated carbocycles. The summed E-state index contributed by atoms with van der Waals surface area (Å²) in [6, 6.07) is 8.14. The molecule has 0 aliphatic carbocycles. The van der Waals surface area contributed by atoms with E-state index in [4.69, 9.17) is 0 Å². The molecule has 0 saturated heterocycles. The van der Waals surface area contributed by atoms with Crippen molar-refractivity contribution in [3.63, 3.8) is 0 Å². The first kappa shape index (κ1) is 18.5. The summed E-state index contributed by atoms with van der Waals surface area (Å²) in [6.07, 6.45) is 2.39. The van der Waals surface area contributed by atoms with Crippen LogP contribution in [0, 0.1) is 0 Å². The van der Waals surface area contributed by atoms with Crippen LogP contribution >= 0.6 is 0 Å². The van der Waals surface area contributed by atoms with E-state index >= 15 is 0 Å². The van der Waals surface area contributed by atoms with E-state index in [2.05, 4.69) is 48.6 Å². The van der Waals surface area contributed by atoms with E-state index in [1.165, 1.54) is 6.42 Å². The van der Waals surface area contributed by atoms with Crippen molar-refractivity contribution in [1.82, 2.24) is 9.97 Å². The van der Waals surface area contributed by atoms with Gasteiger partial charge in [0, 0.05) is 13.1 Å². The number of aromatic nitrogens is 2. The highest BCUT2D eigenvalue weighted by atomic mass is 15.3. The predicted molar refractivity (Wildman–Crippen MR) is 91.6 cm³/mol. The van der Waals surface area contributed by atoms with Gasteiger partial charge in [-0.3, -0.25) is 0 Å². The first-order valence-electron chi connectivity index (χ1n) is 7.96. The largest absolute Gasteiger partial charge is 0.343 e. The number of para-hydroxylation sites is 2. The van der Waals surface area contributed by atoms with Crippen LogP contribution in [-0.4, -0.2) is 23.1 Å². The van der Waals surface area contributed by atoms with E-state index in [0.717, 1.165) is 36.5 Å². The van der Waals surface area contributed by atoms with Crippen LogP contribution < -0.4 is 4.90 Å². The van der Waals surface area contributed by atoms with Gasteiger partial charge in [0.1, 0.15) is 0 Å². The highest BCUT2D eigenvalue weighted by Crippen LogP contribution is 2.16. The predicted octanol–water partition coefficient (Wildman–Crippen LogP) is 5.24. The number of H-pyrrole nitrogens is 1. The molecular weight excluding hydrogens is 246 g/mol. The van der Waals surface area contributed by atoms with E-state index in [9.17, 15) is 0 Å². The Kier molecular flexibility index (Phi) is 10.5. The van der Waals surface area contributed by atoms with Gasteiger partial charge in [0.15, 0.2) is 0 Å². The first-order chi connectivity index (χ1) is 9.76. The third-order valence-electron chi connectivity index (χ3n) is 2.55. The van der Waals surface area contributed by atoms with Crippen molar-refractivity contribution in [2.45, 2.75) is 54.4 Å². The van der Waals surface area contributed by atoms with Gasteiger partial charge >= 0.3 is 0 Å². The lowest BCUT2D eigenvalue weighted by molar-refractivity contribution is 0.771. The van der Waals surface area contributed by atoms with Gasteiger partial charge in [0.2, 0.25) is 5.95 Å². The van der Waals surface area contributed by atoms with E-state index in [0.29, 0.717) is 0 Å². The van der Waals surface area contributed by atoms with Gasteiger partial charge in [-0.25, -0.2) is 4.98 Å². The number of aromatic amines is 1. The lowest BCUT2D eigenvalue weighted by Gasteiger charge is -2.18. The fraction of sp³-hybridized carbons (Fsp3) is 0.588. The van der Waals surface area contributed by atoms with Crippen molar-refractivity contribution in [2.24, 2.45) is 0 Å². The Labute approximate surface area is 124 Å².